The van der Waals surface area contributed by atoms with Gasteiger partial charge < -0.3 is 14.6 Å². The smallest absolute Gasteiger partial charge is 0.0580 e. The fourth-order valence-corrected chi connectivity index (χ4v) is 1.70. The summed E-state index contributed by atoms with van der Waals surface area (Å²) in [5.74, 6) is -0.952. The zero-order valence-electron chi connectivity index (χ0n) is 7.22. The van der Waals surface area contributed by atoms with E-state index in [4.69, 9.17) is 4.74 Å². The lowest BCUT2D eigenvalue weighted by Crippen LogP contribution is -2.21. The first-order valence-electron chi connectivity index (χ1n) is 3.99. The molecule has 0 rings (SSSR count). The van der Waals surface area contributed by atoms with E-state index in [2.05, 4.69) is 22.6 Å². The number of unbranched alkanes of at least 4 members (excludes halogenated alkanes) is 1. The van der Waals surface area contributed by atoms with Crippen LogP contribution in [0.5, 0.6) is 0 Å². The summed E-state index contributed by atoms with van der Waals surface area (Å²) >= 11 is 2.31. The van der Waals surface area contributed by atoms with Gasteiger partial charge in [-0.1, -0.05) is 29.0 Å². The monoisotopic (exact) mass is 285 g/mol. The van der Waals surface area contributed by atoms with Gasteiger partial charge in [-0.3, -0.25) is 0 Å². The molecule has 0 aromatic rings. The molecule has 0 spiro atoms. The van der Waals surface area contributed by atoms with E-state index in [-0.39, 0.29) is 6.42 Å². The van der Waals surface area contributed by atoms with Gasteiger partial charge in [-0.2, -0.15) is 0 Å². The van der Waals surface area contributed by atoms with E-state index in [1.807, 2.05) is 0 Å². The number of carboxylic acids is 1. The van der Waals surface area contributed by atoms with Crippen LogP contribution in [0.25, 0.3) is 0 Å². The standard InChI is InChI=1S/C8H15IO3/c1-12-6-7(9)4-2-3-5-8(10)11/h7H,2-6H2,1H3,(H,10,11)/p-1. The van der Waals surface area contributed by atoms with Gasteiger partial charge in [0.1, 0.15) is 0 Å². The Kier molecular flexibility index (Phi) is 7.89. The number of carbonyl (C=O) groups is 1. The maximum atomic E-state index is 10.0. The number of carbonyl (C=O) groups excluding carboxylic acids is 1. The van der Waals surface area contributed by atoms with E-state index < -0.39 is 5.97 Å². The van der Waals surface area contributed by atoms with Crippen molar-refractivity contribution in [1.82, 2.24) is 0 Å². The normalized spacial score (nSPS) is 12.8. The highest BCUT2D eigenvalue weighted by Gasteiger charge is 2.01. The average molecular weight is 285 g/mol. The predicted molar refractivity (Wildman–Crippen MR) is 53.2 cm³/mol. The Bertz CT molecular complexity index is 127. The molecule has 3 nitrogen and oxygen atoms in total. The van der Waals surface area contributed by atoms with Gasteiger partial charge in [0.05, 0.1) is 6.61 Å². The third kappa shape index (κ3) is 8.26. The summed E-state index contributed by atoms with van der Waals surface area (Å²) in [7, 11) is 1.67. The molecule has 0 saturated carbocycles. The van der Waals surface area contributed by atoms with Crippen LogP contribution in [0.3, 0.4) is 0 Å². The first-order valence-corrected chi connectivity index (χ1v) is 5.24. The van der Waals surface area contributed by atoms with Crippen molar-refractivity contribution in [2.75, 3.05) is 13.7 Å². The van der Waals surface area contributed by atoms with E-state index in [1.54, 1.807) is 7.11 Å². The lowest BCUT2D eigenvalue weighted by molar-refractivity contribution is -0.305. The number of aliphatic carboxylic acids is 1. The molecule has 0 amide bonds. The molecule has 0 aromatic heterocycles. The molecule has 0 radical (unpaired) electrons. The molecule has 0 bridgehead atoms. The molecule has 0 saturated heterocycles. The maximum absolute atomic E-state index is 10.0. The number of ether oxygens (including phenoxy) is 1. The highest BCUT2D eigenvalue weighted by atomic mass is 127. The van der Waals surface area contributed by atoms with E-state index in [1.165, 1.54) is 0 Å². The molecule has 0 aliphatic rings. The molecule has 72 valence electrons. The second-order valence-electron chi connectivity index (χ2n) is 2.67. The van der Waals surface area contributed by atoms with Crippen LogP contribution < -0.4 is 5.11 Å². The van der Waals surface area contributed by atoms with Crippen LogP contribution in [0.15, 0.2) is 0 Å². The van der Waals surface area contributed by atoms with Crippen molar-refractivity contribution in [3.8, 4) is 0 Å². The highest BCUT2D eigenvalue weighted by Crippen LogP contribution is 2.11. The number of rotatable bonds is 7. The second-order valence-corrected chi connectivity index (χ2v) is 4.43. The Morgan fingerprint density at radius 1 is 1.58 bits per heavy atom. The highest BCUT2D eigenvalue weighted by molar-refractivity contribution is 14.1. The molecule has 0 aliphatic heterocycles. The minimum absolute atomic E-state index is 0.177. The van der Waals surface area contributed by atoms with Crippen molar-refractivity contribution in [3.63, 3.8) is 0 Å². The maximum Gasteiger partial charge on any atom is 0.0580 e. The topological polar surface area (TPSA) is 49.4 Å². The summed E-state index contributed by atoms with van der Waals surface area (Å²) in [6, 6.07) is 0. The van der Waals surface area contributed by atoms with E-state index in [0.29, 0.717) is 10.3 Å². The number of alkyl halides is 1. The van der Waals surface area contributed by atoms with Crippen LogP contribution in [-0.4, -0.2) is 23.6 Å². The summed E-state index contributed by atoms with van der Waals surface area (Å²) in [6.45, 7) is 0.742. The zero-order valence-corrected chi connectivity index (χ0v) is 9.37. The van der Waals surface area contributed by atoms with Gasteiger partial charge in [-0.15, -0.1) is 0 Å². The summed E-state index contributed by atoms with van der Waals surface area (Å²) in [5.41, 5.74) is 0. The quantitative estimate of drug-likeness (QED) is 0.394. The Morgan fingerprint density at radius 2 is 2.25 bits per heavy atom. The van der Waals surface area contributed by atoms with Crippen molar-refractivity contribution in [3.05, 3.63) is 0 Å². The van der Waals surface area contributed by atoms with Gasteiger partial charge in [-0.05, 0) is 19.3 Å². The Morgan fingerprint density at radius 3 is 2.75 bits per heavy atom. The Labute approximate surface area is 86.6 Å². The van der Waals surface area contributed by atoms with Crippen molar-refractivity contribution in [1.29, 1.82) is 0 Å². The molecular formula is C8H14IO3-. The van der Waals surface area contributed by atoms with Gasteiger partial charge in [0.2, 0.25) is 0 Å². The summed E-state index contributed by atoms with van der Waals surface area (Å²) in [6.07, 6.45) is 2.84. The molecule has 4 heteroatoms. The van der Waals surface area contributed by atoms with Crippen LogP contribution in [0.4, 0.5) is 0 Å². The number of methoxy groups -OCH3 is 1. The molecule has 0 heterocycles. The van der Waals surface area contributed by atoms with E-state index in [0.717, 1.165) is 19.4 Å². The summed E-state index contributed by atoms with van der Waals surface area (Å²) in [4.78, 5) is 10.0. The molecule has 1 unspecified atom stereocenters. The first kappa shape index (κ1) is 12.2. The van der Waals surface area contributed by atoms with Gasteiger partial charge >= 0.3 is 0 Å². The van der Waals surface area contributed by atoms with Crippen LogP contribution in [0, 0.1) is 0 Å². The molecule has 1 atom stereocenters. The van der Waals surface area contributed by atoms with E-state index in [9.17, 15) is 9.90 Å². The third-order valence-corrected chi connectivity index (χ3v) is 2.48. The van der Waals surface area contributed by atoms with Crippen molar-refractivity contribution in [2.45, 2.75) is 29.6 Å². The van der Waals surface area contributed by atoms with Crippen LogP contribution in [0.1, 0.15) is 25.7 Å². The number of hydrogen-bond acceptors (Lipinski definition) is 3. The largest absolute Gasteiger partial charge is 0.550 e. The first-order chi connectivity index (χ1) is 5.66. The fraction of sp³-hybridized carbons (Fsp3) is 0.875. The van der Waals surface area contributed by atoms with Crippen LogP contribution in [0.2, 0.25) is 0 Å². The van der Waals surface area contributed by atoms with Gasteiger partial charge in [0, 0.05) is 17.0 Å². The lowest BCUT2D eigenvalue weighted by Gasteiger charge is -2.07. The molecule has 12 heavy (non-hydrogen) atoms. The minimum Gasteiger partial charge on any atom is -0.550 e. The van der Waals surface area contributed by atoms with Crippen molar-refractivity contribution >= 4 is 28.6 Å². The van der Waals surface area contributed by atoms with E-state index >= 15 is 0 Å². The van der Waals surface area contributed by atoms with Crippen LogP contribution in [-0.2, 0) is 9.53 Å². The Hall–Kier alpha value is 0.160. The number of carboxylic acid groups (broad SMARTS) is 1. The summed E-state index contributed by atoms with van der Waals surface area (Å²) in [5, 5.41) is 10.0. The molecule has 0 fully saturated rings. The number of hydrogen-bond donors (Lipinski definition) is 0. The minimum atomic E-state index is -0.952. The zero-order chi connectivity index (χ0) is 9.40. The predicted octanol–water partition coefficient (Wildman–Crippen LogP) is 0.747. The molecule has 0 aliphatic carbocycles. The van der Waals surface area contributed by atoms with Crippen LogP contribution >= 0.6 is 22.6 Å². The van der Waals surface area contributed by atoms with Gasteiger partial charge in [-0.25, -0.2) is 0 Å². The SMILES string of the molecule is COCC(I)CCCCC(=O)[O-]. The lowest BCUT2D eigenvalue weighted by atomic mass is 10.1. The molecule has 0 N–H and O–H groups in total. The fourth-order valence-electron chi connectivity index (χ4n) is 0.899. The number of halogens is 1. The average Bonchev–Trinajstić information content (AvgIpc) is 1.98. The van der Waals surface area contributed by atoms with Crippen molar-refractivity contribution < 1.29 is 14.6 Å². The van der Waals surface area contributed by atoms with Gasteiger partial charge in [0.15, 0.2) is 0 Å². The molecule has 0 aromatic carbocycles. The Balaban J connectivity index is 3.13. The second kappa shape index (κ2) is 7.79. The van der Waals surface area contributed by atoms with Gasteiger partial charge in [0.25, 0.3) is 0 Å². The van der Waals surface area contributed by atoms with Crippen molar-refractivity contribution in [2.24, 2.45) is 0 Å². The molecular weight excluding hydrogens is 271 g/mol. The third-order valence-electron chi connectivity index (χ3n) is 1.50. The summed E-state index contributed by atoms with van der Waals surface area (Å²) < 4.78 is 5.44.